The van der Waals surface area contributed by atoms with Gasteiger partial charge in [0.1, 0.15) is 11.3 Å². The standard InChI is InChI=1S/C18H23N3O3/c1-12-6-7-13(2)15(10-12)23-11-16(22)20-18(8-4-5-9-18)17-19-14(3)24-21-17/h6-7,10H,4-5,8-9,11H2,1-3H3,(H,20,22). The van der Waals surface area contributed by atoms with Crippen LogP contribution in [0.3, 0.4) is 0 Å². The number of amides is 1. The highest BCUT2D eigenvalue weighted by Crippen LogP contribution is 2.37. The summed E-state index contributed by atoms with van der Waals surface area (Å²) in [6.45, 7) is 5.69. The molecule has 1 N–H and O–H groups in total. The molecule has 0 aliphatic heterocycles. The van der Waals surface area contributed by atoms with Crippen molar-refractivity contribution >= 4 is 5.91 Å². The summed E-state index contributed by atoms with van der Waals surface area (Å²) in [4.78, 5) is 16.8. The summed E-state index contributed by atoms with van der Waals surface area (Å²) in [5.74, 6) is 1.65. The van der Waals surface area contributed by atoms with Gasteiger partial charge in [0.2, 0.25) is 5.89 Å². The summed E-state index contributed by atoms with van der Waals surface area (Å²) in [7, 11) is 0. The molecule has 24 heavy (non-hydrogen) atoms. The number of hydrogen-bond donors (Lipinski definition) is 1. The molecule has 1 saturated carbocycles. The first-order valence-electron chi connectivity index (χ1n) is 8.30. The second-order valence-corrected chi connectivity index (χ2v) is 6.53. The molecule has 1 amide bonds. The van der Waals surface area contributed by atoms with Gasteiger partial charge in [0.25, 0.3) is 5.91 Å². The fraction of sp³-hybridized carbons (Fsp3) is 0.500. The molecule has 6 nitrogen and oxygen atoms in total. The van der Waals surface area contributed by atoms with Gasteiger partial charge in [0.15, 0.2) is 12.4 Å². The zero-order valence-corrected chi connectivity index (χ0v) is 14.4. The zero-order valence-electron chi connectivity index (χ0n) is 14.4. The summed E-state index contributed by atoms with van der Waals surface area (Å²) in [5, 5.41) is 7.10. The average Bonchev–Trinajstić information content (AvgIpc) is 3.18. The van der Waals surface area contributed by atoms with Crippen LogP contribution in [0.15, 0.2) is 22.7 Å². The van der Waals surface area contributed by atoms with Crippen LogP contribution in [-0.4, -0.2) is 22.7 Å². The van der Waals surface area contributed by atoms with Crippen LogP contribution in [-0.2, 0) is 10.3 Å². The lowest BCUT2D eigenvalue weighted by Crippen LogP contribution is -2.46. The first kappa shape index (κ1) is 16.5. The molecular formula is C18H23N3O3. The molecule has 1 aromatic heterocycles. The Hall–Kier alpha value is -2.37. The van der Waals surface area contributed by atoms with Gasteiger partial charge in [-0.25, -0.2) is 0 Å². The summed E-state index contributed by atoms with van der Waals surface area (Å²) in [6, 6.07) is 5.95. The molecule has 128 valence electrons. The molecule has 1 heterocycles. The molecule has 1 aromatic carbocycles. The van der Waals surface area contributed by atoms with Crippen LogP contribution in [0.4, 0.5) is 0 Å². The van der Waals surface area contributed by atoms with Crippen LogP contribution >= 0.6 is 0 Å². The highest BCUT2D eigenvalue weighted by molar-refractivity contribution is 5.78. The van der Waals surface area contributed by atoms with E-state index < -0.39 is 5.54 Å². The lowest BCUT2D eigenvalue weighted by Gasteiger charge is -2.26. The molecule has 0 atom stereocenters. The fourth-order valence-electron chi connectivity index (χ4n) is 3.19. The Morgan fingerprint density at radius 2 is 2.04 bits per heavy atom. The lowest BCUT2D eigenvalue weighted by atomic mass is 9.96. The van der Waals surface area contributed by atoms with E-state index >= 15 is 0 Å². The number of nitrogens with one attached hydrogen (secondary N) is 1. The summed E-state index contributed by atoms with van der Waals surface area (Å²) >= 11 is 0. The molecule has 1 aliphatic rings. The summed E-state index contributed by atoms with van der Waals surface area (Å²) < 4.78 is 10.8. The van der Waals surface area contributed by atoms with Crippen molar-refractivity contribution in [3.05, 3.63) is 41.0 Å². The van der Waals surface area contributed by atoms with Gasteiger partial charge in [-0.3, -0.25) is 4.79 Å². The maximum Gasteiger partial charge on any atom is 0.258 e. The third-order valence-electron chi connectivity index (χ3n) is 4.49. The zero-order chi connectivity index (χ0) is 17.2. The topological polar surface area (TPSA) is 77.2 Å². The van der Waals surface area contributed by atoms with Crippen molar-refractivity contribution in [3.8, 4) is 5.75 Å². The van der Waals surface area contributed by atoms with E-state index in [2.05, 4.69) is 15.5 Å². The molecule has 0 saturated heterocycles. The van der Waals surface area contributed by atoms with Crippen LogP contribution in [0.2, 0.25) is 0 Å². The van der Waals surface area contributed by atoms with Crippen molar-refractivity contribution in [2.45, 2.75) is 52.0 Å². The number of rotatable bonds is 5. The predicted octanol–water partition coefficient (Wildman–Crippen LogP) is 2.96. The van der Waals surface area contributed by atoms with Gasteiger partial charge >= 0.3 is 0 Å². The Balaban J connectivity index is 1.67. The van der Waals surface area contributed by atoms with Crippen molar-refractivity contribution in [1.29, 1.82) is 0 Å². The van der Waals surface area contributed by atoms with Crippen LogP contribution in [0.5, 0.6) is 5.75 Å². The van der Waals surface area contributed by atoms with Crippen LogP contribution in [0.1, 0.15) is 48.5 Å². The van der Waals surface area contributed by atoms with E-state index in [-0.39, 0.29) is 12.5 Å². The number of benzene rings is 1. The molecule has 0 unspecified atom stereocenters. The Morgan fingerprint density at radius 3 is 2.71 bits per heavy atom. The Bertz CT molecular complexity index is 733. The van der Waals surface area contributed by atoms with E-state index in [1.807, 2.05) is 32.0 Å². The van der Waals surface area contributed by atoms with E-state index in [0.717, 1.165) is 42.6 Å². The van der Waals surface area contributed by atoms with Gasteiger partial charge < -0.3 is 14.6 Å². The van der Waals surface area contributed by atoms with Gasteiger partial charge in [-0.1, -0.05) is 30.1 Å². The number of nitrogens with zero attached hydrogens (tertiary/aromatic N) is 2. The minimum Gasteiger partial charge on any atom is -0.483 e. The molecule has 0 radical (unpaired) electrons. The number of ether oxygens (including phenoxy) is 1. The molecule has 2 aromatic rings. The largest absolute Gasteiger partial charge is 0.483 e. The first-order valence-corrected chi connectivity index (χ1v) is 8.30. The van der Waals surface area contributed by atoms with Gasteiger partial charge in [-0.05, 0) is 43.9 Å². The number of carbonyl (C=O) groups is 1. The van der Waals surface area contributed by atoms with Crippen LogP contribution < -0.4 is 10.1 Å². The Labute approximate surface area is 141 Å². The third-order valence-corrected chi connectivity index (χ3v) is 4.49. The minimum atomic E-state index is -0.528. The number of aryl methyl sites for hydroxylation is 3. The smallest absolute Gasteiger partial charge is 0.258 e. The van der Waals surface area contributed by atoms with E-state index in [4.69, 9.17) is 9.26 Å². The van der Waals surface area contributed by atoms with E-state index in [1.54, 1.807) is 6.92 Å². The second kappa shape index (κ2) is 6.63. The minimum absolute atomic E-state index is 0.0249. The van der Waals surface area contributed by atoms with Crippen molar-refractivity contribution in [3.63, 3.8) is 0 Å². The van der Waals surface area contributed by atoms with Crippen molar-refractivity contribution in [1.82, 2.24) is 15.5 Å². The molecule has 1 fully saturated rings. The number of aromatic nitrogens is 2. The third kappa shape index (κ3) is 3.42. The normalized spacial score (nSPS) is 16.1. The van der Waals surface area contributed by atoms with Gasteiger partial charge in [-0.2, -0.15) is 4.98 Å². The molecule has 3 rings (SSSR count). The molecule has 0 spiro atoms. The van der Waals surface area contributed by atoms with Crippen molar-refractivity contribution < 1.29 is 14.1 Å². The van der Waals surface area contributed by atoms with E-state index in [1.165, 1.54) is 0 Å². The van der Waals surface area contributed by atoms with Gasteiger partial charge in [0.05, 0.1) is 0 Å². The SMILES string of the molecule is Cc1ccc(C)c(OCC(=O)NC2(c3noc(C)n3)CCCC2)c1. The summed E-state index contributed by atoms with van der Waals surface area (Å²) in [6.07, 6.45) is 3.71. The number of hydrogen-bond acceptors (Lipinski definition) is 5. The van der Waals surface area contributed by atoms with Gasteiger partial charge in [-0.15, -0.1) is 0 Å². The van der Waals surface area contributed by atoms with Crippen molar-refractivity contribution in [2.24, 2.45) is 0 Å². The Kier molecular flexibility index (Phi) is 4.55. The lowest BCUT2D eigenvalue weighted by molar-refractivity contribution is -0.125. The Morgan fingerprint density at radius 1 is 1.29 bits per heavy atom. The first-order chi connectivity index (χ1) is 11.5. The molecule has 6 heteroatoms. The second-order valence-electron chi connectivity index (χ2n) is 6.53. The molecule has 0 bridgehead atoms. The van der Waals surface area contributed by atoms with E-state index in [9.17, 15) is 4.79 Å². The molecular weight excluding hydrogens is 306 g/mol. The van der Waals surface area contributed by atoms with Crippen molar-refractivity contribution in [2.75, 3.05) is 6.61 Å². The predicted molar refractivity (Wildman–Crippen MR) is 88.7 cm³/mol. The maximum absolute atomic E-state index is 12.4. The van der Waals surface area contributed by atoms with E-state index in [0.29, 0.717) is 11.7 Å². The highest BCUT2D eigenvalue weighted by Gasteiger charge is 2.41. The van der Waals surface area contributed by atoms with Crippen LogP contribution in [0.25, 0.3) is 0 Å². The fourth-order valence-corrected chi connectivity index (χ4v) is 3.19. The monoisotopic (exact) mass is 329 g/mol. The molecule has 1 aliphatic carbocycles. The summed E-state index contributed by atoms with van der Waals surface area (Å²) in [5.41, 5.74) is 1.59. The highest BCUT2D eigenvalue weighted by atomic mass is 16.5. The quantitative estimate of drug-likeness (QED) is 0.912. The average molecular weight is 329 g/mol. The van der Waals surface area contributed by atoms with Crippen LogP contribution in [0, 0.1) is 20.8 Å². The number of carbonyl (C=O) groups excluding carboxylic acids is 1. The van der Waals surface area contributed by atoms with Gasteiger partial charge in [0, 0.05) is 6.92 Å². The maximum atomic E-state index is 12.4.